The standard InChI is InChI=1S/C19H19FN4O3.C2HF3O/c20-15-4-12-16(24(10-1-2-10)8-14(18(12)25)19(26)27)13-6-22-5-11-3-9(21)7-23(11)17(13)15;3-2(4,5)1-6/h4,6,8-11H,1-3,5,7,21H2,(H,26,27);1H/t9-,11-;/m0./s1. The van der Waals surface area contributed by atoms with Gasteiger partial charge in [0.1, 0.15) is 11.4 Å². The number of halogens is 4. The molecule has 12 heteroatoms. The Hall–Kier alpha value is -3.28. The van der Waals surface area contributed by atoms with Crippen LogP contribution in [0.1, 0.15) is 41.2 Å². The van der Waals surface area contributed by atoms with Crippen molar-refractivity contribution in [2.24, 2.45) is 10.7 Å². The van der Waals surface area contributed by atoms with E-state index in [9.17, 15) is 27.9 Å². The molecular weight excluding hydrogens is 448 g/mol. The zero-order chi connectivity index (χ0) is 24.1. The Balaban J connectivity index is 0.000000385. The highest BCUT2D eigenvalue weighted by atomic mass is 19.4. The average Bonchev–Trinajstić information content (AvgIpc) is 3.53. The molecule has 3 heterocycles. The van der Waals surface area contributed by atoms with Crippen LogP contribution in [0, 0.1) is 5.82 Å². The number of carboxylic acids is 1. The van der Waals surface area contributed by atoms with Crippen molar-refractivity contribution in [3.63, 3.8) is 0 Å². The topological polar surface area (TPSA) is 118 Å². The molecule has 0 radical (unpaired) electrons. The molecule has 2 aromatic rings. The molecule has 2 fully saturated rings. The molecule has 5 rings (SSSR count). The average molecular weight is 468 g/mol. The highest BCUT2D eigenvalue weighted by Crippen LogP contribution is 2.41. The number of benzene rings is 1. The van der Waals surface area contributed by atoms with Crippen LogP contribution in [-0.2, 0) is 4.79 Å². The van der Waals surface area contributed by atoms with Gasteiger partial charge in [0.15, 0.2) is 0 Å². The number of carboxylic acid groups (broad SMARTS) is 1. The molecule has 2 aliphatic heterocycles. The van der Waals surface area contributed by atoms with Crippen molar-refractivity contribution in [1.29, 1.82) is 0 Å². The van der Waals surface area contributed by atoms with E-state index in [1.165, 1.54) is 12.3 Å². The number of fused-ring (bicyclic) bond motifs is 5. The minimum Gasteiger partial charge on any atom is -0.477 e. The van der Waals surface area contributed by atoms with Crippen molar-refractivity contribution in [1.82, 2.24) is 4.57 Å². The smallest absolute Gasteiger partial charge is 0.446 e. The minimum atomic E-state index is -4.64. The molecule has 0 bridgehead atoms. The monoisotopic (exact) mass is 468 g/mol. The van der Waals surface area contributed by atoms with Gasteiger partial charge in [0.25, 0.3) is 0 Å². The summed E-state index contributed by atoms with van der Waals surface area (Å²) >= 11 is 0. The SMILES string of the molecule is N[C@H]1C[C@H]2CN=Cc3c(c(F)cc4c(=O)c(C(=O)O)cn(C5CC5)c34)N2C1.O=CC(F)(F)F. The van der Waals surface area contributed by atoms with Gasteiger partial charge in [-0.05, 0) is 25.3 Å². The Morgan fingerprint density at radius 1 is 1.27 bits per heavy atom. The van der Waals surface area contributed by atoms with Gasteiger partial charge in [-0.25, -0.2) is 9.18 Å². The Morgan fingerprint density at radius 3 is 2.52 bits per heavy atom. The number of rotatable bonds is 2. The summed E-state index contributed by atoms with van der Waals surface area (Å²) < 4.78 is 48.2. The Bertz CT molecular complexity index is 1220. The molecule has 33 heavy (non-hydrogen) atoms. The third kappa shape index (κ3) is 4.34. The lowest BCUT2D eigenvalue weighted by Crippen LogP contribution is -2.33. The fourth-order valence-corrected chi connectivity index (χ4v) is 4.38. The van der Waals surface area contributed by atoms with Gasteiger partial charge in [0.05, 0.1) is 29.2 Å². The van der Waals surface area contributed by atoms with Gasteiger partial charge in [-0.15, -0.1) is 0 Å². The molecule has 1 aromatic heterocycles. The maximum absolute atomic E-state index is 15.2. The minimum absolute atomic E-state index is 0.0313. The summed E-state index contributed by atoms with van der Waals surface area (Å²) in [6, 6.07) is 1.28. The van der Waals surface area contributed by atoms with Gasteiger partial charge in [-0.1, -0.05) is 0 Å². The summed E-state index contributed by atoms with van der Waals surface area (Å²) in [5.74, 6) is -1.84. The molecule has 3 N–H and O–H groups in total. The number of pyridine rings is 1. The summed E-state index contributed by atoms with van der Waals surface area (Å²) in [6.07, 6.45) is -0.137. The normalized spacial score (nSPS) is 21.7. The van der Waals surface area contributed by atoms with Crippen LogP contribution in [0.4, 0.5) is 23.2 Å². The first-order valence-electron chi connectivity index (χ1n) is 10.2. The highest BCUT2D eigenvalue weighted by Gasteiger charge is 2.36. The van der Waals surface area contributed by atoms with E-state index >= 15 is 4.39 Å². The van der Waals surface area contributed by atoms with Crippen molar-refractivity contribution < 1.29 is 32.3 Å². The predicted octanol–water partition coefficient (Wildman–Crippen LogP) is 2.26. The lowest BCUT2D eigenvalue weighted by Gasteiger charge is -2.27. The molecule has 176 valence electrons. The first-order chi connectivity index (χ1) is 15.5. The number of hydrogen-bond acceptors (Lipinski definition) is 6. The van der Waals surface area contributed by atoms with Crippen LogP contribution in [0.3, 0.4) is 0 Å². The van der Waals surface area contributed by atoms with Crippen LogP contribution >= 0.6 is 0 Å². The van der Waals surface area contributed by atoms with Crippen molar-refractivity contribution in [3.05, 3.63) is 39.4 Å². The van der Waals surface area contributed by atoms with E-state index in [2.05, 4.69) is 4.99 Å². The largest absolute Gasteiger partial charge is 0.477 e. The Kier molecular flexibility index (Phi) is 5.72. The van der Waals surface area contributed by atoms with E-state index in [0.717, 1.165) is 19.3 Å². The molecule has 3 aliphatic rings. The number of nitrogens with zero attached hydrogens (tertiary/aromatic N) is 3. The van der Waals surface area contributed by atoms with Crippen molar-refractivity contribution in [2.45, 2.75) is 43.6 Å². The lowest BCUT2D eigenvalue weighted by atomic mass is 10.0. The Morgan fingerprint density at radius 2 is 1.94 bits per heavy atom. The van der Waals surface area contributed by atoms with Crippen LogP contribution in [0.15, 0.2) is 22.1 Å². The predicted molar refractivity (Wildman–Crippen MR) is 112 cm³/mol. The van der Waals surface area contributed by atoms with Gasteiger partial charge in [0, 0.05) is 36.6 Å². The molecule has 1 saturated carbocycles. The molecular formula is C21H20F4N4O4. The maximum Gasteiger partial charge on any atom is 0.446 e. The van der Waals surface area contributed by atoms with E-state index in [-0.39, 0.29) is 29.1 Å². The number of aliphatic imine (C=N–C) groups is 1. The Labute approximate surface area is 184 Å². The number of aldehydes is 1. The van der Waals surface area contributed by atoms with E-state index in [0.29, 0.717) is 29.9 Å². The number of aromatic carboxylic acids is 1. The fraction of sp³-hybridized carbons (Fsp3) is 0.429. The number of carbonyl (C=O) groups is 2. The summed E-state index contributed by atoms with van der Waals surface area (Å²) in [5, 5.41) is 9.49. The summed E-state index contributed by atoms with van der Waals surface area (Å²) in [4.78, 5) is 39.4. The van der Waals surface area contributed by atoms with Gasteiger partial charge >= 0.3 is 12.1 Å². The molecule has 0 unspecified atom stereocenters. The molecule has 0 spiro atoms. The van der Waals surface area contributed by atoms with Crippen LogP contribution in [-0.4, -0.2) is 59.5 Å². The van der Waals surface area contributed by atoms with Gasteiger partial charge in [0.2, 0.25) is 11.7 Å². The summed E-state index contributed by atoms with van der Waals surface area (Å²) in [6.45, 7) is 1.05. The number of carbonyl (C=O) groups excluding carboxylic acids is 1. The second kappa shape index (κ2) is 8.25. The molecule has 1 aromatic carbocycles. The van der Waals surface area contributed by atoms with Gasteiger partial charge in [-0.3, -0.25) is 14.6 Å². The number of nitrogens with two attached hydrogens (primary N) is 1. The first-order valence-corrected chi connectivity index (χ1v) is 10.2. The van der Waals surface area contributed by atoms with Crippen LogP contribution in [0.5, 0.6) is 0 Å². The van der Waals surface area contributed by atoms with E-state index < -0.39 is 29.7 Å². The van der Waals surface area contributed by atoms with Crippen LogP contribution in [0.25, 0.3) is 10.9 Å². The number of aromatic nitrogens is 1. The van der Waals surface area contributed by atoms with E-state index in [1.54, 1.807) is 6.21 Å². The third-order valence-electron chi connectivity index (χ3n) is 5.85. The molecule has 1 aliphatic carbocycles. The molecule has 0 amide bonds. The number of alkyl halides is 3. The van der Waals surface area contributed by atoms with Gasteiger partial charge in [-0.2, -0.15) is 13.2 Å². The molecule has 2 atom stereocenters. The zero-order valence-electron chi connectivity index (χ0n) is 17.2. The van der Waals surface area contributed by atoms with Crippen molar-refractivity contribution in [3.8, 4) is 0 Å². The first kappa shape index (κ1) is 22.9. The lowest BCUT2D eigenvalue weighted by molar-refractivity contribution is -0.156. The van der Waals surface area contributed by atoms with Crippen LogP contribution < -0.4 is 16.1 Å². The summed E-state index contributed by atoms with van der Waals surface area (Å²) in [5.41, 5.74) is 6.62. The zero-order valence-corrected chi connectivity index (χ0v) is 17.2. The van der Waals surface area contributed by atoms with Crippen LogP contribution in [0.2, 0.25) is 0 Å². The van der Waals surface area contributed by atoms with E-state index in [1.807, 2.05) is 9.47 Å². The molecule has 1 saturated heterocycles. The molecule has 8 nitrogen and oxygen atoms in total. The van der Waals surface area contributed by atoms with E-state index in [4.69, 9.17) is 10.5 Å². The quantitative estimate of drug-likeness (QED) is 0.516. The fourth-order valence-electron chi connectivity index (χ4n) is 4.38. The van der Waals surface area contributed by atoms with Crippen molar-refractivity contribution in [2.75, 3.05) is 18.0 Å². The highest BCUT2D eigenvalue weighted by molar-refractivity contribution is 6.06. The number of hydrogen-bond donors (Lipinski definition) is 2. The van der Waals surface area contributed by atoms with Crippen molar-refractivity contribution >= 4 is 35.1 Å². The third-order valence-corrected chi connectivity index (χ3v) is 5.85. The summed E-state index contributed by atoms with van der Waals surface area (Å²) in [7, 11) is 0. The van der Waals surface area contributed by atoms with Gasteiger partial charge < -0.3 is 20.3 Å². The number of anilines is 1. The second-order valence-corrected chi connectivity index (χ2v) is 8.29. The second-order valence-electron chi connectivity index (χ2n) is 8.29. The maximum atomic E-state index is 15.2.